The molecule has 0 spiro atoms. The first-order chi connectivity index (χ1) is 52.1. The minimum Gasteiger partial charge on any atom is -0.309 e. The third-order valence-corrected chi connectivity index (χ3v) is 23.6. The zero-order chi connectivity index (χ0) is 70.3. The smallest absolute Gasteiger partial charge is 0.160 e. The Hall–Kier alpha value is -13.4. The second-order valence-corrected chi connectivity index (χ2v) is 30.1. The van der Waals surface area contributed by atoms with Gasteiger partial charge in [-0.15, -0.1) is 0 Å². The third-order valence-electron chi connectivity index (χ3n) is 23.6. The van der Waals surface area contributed by atoms with Crippen LogP contribution in [0, 0.1) is 0 Å². The third kappa shape index (κ3) is 8.85. The van der Waals surface area contributed by atoms with Crippen LogP contribution in [0.3, 0.4) is 0 Å². The van der Waals surface area contributed by atoms with Crippen LogP contribution in [0.25, 0.3) is 188 Å². The maximum atomic E-state index is 5.45. The minimum absolute atomic E-state index is 0.123. The van der Waals surface area contributed by atoms with E-state index < -0.39 is 0 Å². The second-order valence-electron chi connectivity index (χ2n) is 30.1. The highest BCUT2D eigenvalue weighted by molar-refractivity contribution is 6.15. The van der Waals surface area contributed by atoms with Crippen molar-refractivity contribution in [3.63, 3.8) is 0 Å². The van der Waals surface area contributed by atoms with Gasteiger partial charge in [-0.05, 0) is 170 Å². The summed E-state index contributed by atoms with van der Waals surface area (Å²) in [7, 11) is 0. The number of hydrogen-bond acceptors (Lipinski definition) is 2. The lowest BCUT2D eigenvalue weighted by Crippen LogP contribution is -2.15. The molecular formula is C100H68N6. The monoisotopic (exact) mass is 1350 g/mol. The van der Waals surface area contributed by atoms with Crippen molar-refractivity contribution < 1.29 is 0 Å². The molecule has 6 heteroatoms. The van der Waals surface area contributed by atoms with Gasteiger partial charge in [0.05, 0.1) is 55.5 Å². The van der Waals surface area contributed by atoms with Crippen LogP contribution in [0.1, 0.15) is 49.9 Å². The van der Waals surface area contributed by atoms with Crippen molar-refractivity contribution in [2.45, 2.75) is 38.5 Å². The molecule has 22 rings (SSSR count). The van der Waals surface area contributed by atoms with Crippen LogP contribution in [0.5, 0.6) is 0 Å². The van der Waals surface area contributed by atoms with Gasteiger partial charge in [0.1, 0.15) is 0 Å². The van der Waals surface area contributed by atoms with E-state index in [0.29, 0.717) is 5.82 Å². The van der Waals surface area contributed by atoms with E-state index in [9.17, 15) is 0 Å². The van der Waals surface area contributed by atoms with Gasteiger partial charge in [-0.1, -0.05) is 264 Å². The molecule has 2 aliphatic carbocycles. The summed E-state index contributed by atoms with van der Waals surface area (Å²) in [5.74, 6) is 0.662. The molecule has 2 aliphatic rings. The lowest BCUT2D eigenvalue weighted by atomic mass is 9.82. The van der Waals surface area contributed by atoms with Gasteiger partial charge < -0.3 is 18.3 Å². The largest absolute Gasteiger partial charge is 0.309 e. The van der Waals surface area contributed by atoms with Crippen molar-refractivity contribution in [3.8, 4) is 101 Å². The number of aromatic nitrogens is 6. The number of benzene rings is 15. The fourth-order valence-corrected chi connectivity index (χ4v) is 18.4. The predicted octanol–water partition coefficient (Wildman–Crippen LogP) is 25.8. The molecule has 15 aromatic carbocycles. The van der Waals surface area contributed by atoms with Crippen molar-refractivity contribution in [2.75, 3.05) is 0 Å². The van der Waals surface area contributed by atoms with Gasteiger partial charge in [-0.25, -0.2) is 9.97 Å². The molecule has 0 bridgehead atoms. The Morgan fingerprint density at radius 1 is 0.198 bits per heavy atom. The van der Waals surface area contributed by atoms with Gasteiger partial charge in [-0.2, -0.15) is 0 Å². The van der Waals surface area contributed by atoms with Crippen molar-refractivity contribution >= 4 is 87.2 Å². The van der Waals surface area contributed by atoms with Crippen molar-refractivity contribution in [2.24, 2.45) is 0 Å². The molecule has 6 nitrogen and oxygen atoms in total. The highest BCUT2D eigenvalue weighted by atomic mass is 15.0. The second kappa shape index (κ2) is 22.5. The van der Waals surface area contributed by atoms with E-state index in [-0.39, 0.29) is 10.8 Å². The van der Waals surface area contributed by atoms with Crippen molar-refractivity contribution in [1.29, 1.82) is 0 Å². The fourth-order valence-electron chi connectivity index (χ4n) is 18.4. The minimum atomic E-state index is -0.123. The standard InChI is InChI=1S/C100H68N6/c1-99(2)84-34-14-8-28-72(84)74-50-44-70(58-86(74)99)105-92-38-18-12-32-78(92)82-48-42-64(56-96(82)105)62-40-46-80-76-30-10-16-36-90(76)103(94(80)54-62)68-26-20-24-66(52-68)88-60-89(102-98(101-88)61-22-6-5-7-23-61)67-25-21-27-69(53-67)104-91-37-17-11-31-77(91)81-47-41-63(55-95(81)104)65-43-49-83-79-33-13-19-39-93(79)106(97(83)57-65)71-45-51-75-73-29-9-15-35-85(73)100(3,4)87(75)59-71/h5-60H,1-4H3. The molecular weight excluding hydrogens is 1290 g/mol. The zero-order valence-corrected chi connectivity index (χ0v) is 59.0. The van der Waals surface area contributed by atoms with E-state index in [1.54, 1.807) is 0 Å². The molecule has 0 saturated carbocycles. The summed E-state index contributed by atoms with van der Waals surface area (Å²) in [5.41, 5.74) is 33.5. The fraction of sp³-hybridized carbons (Fsp3) is 0.0600. The van der Waals surface area contributed by atoms with Crippen LogP contribution in [-0.4, -0.2) is 28.2 Å². The Morgan fingerprint density at radius 2 is 0.500 bits per heavy atom. The molecule has 0 saturated heterocycles. The molecule has 20 aromatic rings. The van der Waals surface area contributed by atoms with E-state index in [2.05, 4.69) is 386 Å². The summed E-state index contributed by atoms with van der Waals surface area (Å²) in [6, 6.07) is 126. The first kappa shape index (κ1) is 60.2. The van der Waals surface area contributed by atoms with E-state index in [1.165, 1.54) is 121 Å². The maximum Gasteiger partial charge on any atom is 0.160 e. The summed E-state index contributed by atoms with van der Waals surface area (Å²) in [6.45, 7) is 9.46. The van der Waals surface area contributed by atoms with E-state index >= 15 is 0 Å². The quantitative estimate of drug-likeness (QED) is 0.145. The maximum absolute atomic E-state index is 5.45. The van der Waals surface area contributed by atoms with Crippen molar-refractivity contribution in [3.05, 3.63) is 362 Å². The molecule has 106 heavy (non-hydrogen) atoms. The summed E-state index contributed by atoms with van der Waals surface area (Å²) in [6.07, 6.45) is 0. The number of nitrogens with zero attached hydrogens (tertiary/aromatic N) is 6. The Labute approximate surface area is 613 Å². The molecule has 0 N–H and O–H groups in total. The number of para-hydroxylation sites is 4. The summed E-state index contributed by atoms with van der Waals surface area (Å²) < 4.78 is 9.83. The average molecular weight is 1350 g/mol. The van der Waals surface area contributed by atoms with E-state index in [1.807, 2.05) is 0 Å². The Balaban J connectivity index is 0.646. The zero-order valence-electron chi connectivity index (χ0n) is 59.0. The molecule has 0 atom stereocenters. The van der Waals surface area contributed by atoms with Gasteiger partial charge >= 0.3 is 0 Å². The van der Waals surface area contributed by atoms with Crippen LogP contribution in [-0.2, 0) is 10.8 Å². The topological polar surface area (TPSA) is 45.5 Å². The van der Waals surface area contributed by atoms with Crippen LogP contribution >= 0.6 is 0 Å². The molecule has 0 radical (unpaired) electrons. The molecule has 5 aromatic heterocycles. The molecule has 0 aliphatic heterocycles. The van der Waals surface area contributed by atoms with Crippen molar-refractivity contribution in [1.82, 2.24) is 28.2 Å². The predicted molar refractivity (Wildman–Crippen MR) is 442 cm³/mol. The highest BCUT2D eigenvalue weighted by Gasteiger charge is 2.37. The average Bonchev–Trinajstić information content (AvgIpc) is 1.57. The molecule has 5 heterocycles. The Morgan fingerprint density at radius 3 is 0.877 bits per heavy atom. The molecule has 498 valence electrons. The van der Waals surface area contributed by atoms with Gasteiger partial charge in [0, 0.05) is 93.4 Å². The van der Waals surface area contributed by atoms with E-state index in [0.717, 1.165) is 83.8 Å². The SMILES string of the molecule is CC1(C)c2ccccc2-c2ccc(-n3c4ccccc4c4ccc(-c5ccc6c7ccccc7n(-c7cccc(-c8cc(-c9cccc(-n%10c%11ccccc%11c%11ccc(-c%12ccc%13c%14ccccc%14n(-c%14ccc%15c(c%14)C(C)(C)c%14ccccc%14-%15)c%13c%12)cc%11%10)c9)nc(-c9ccccc9)n8)c7)c6c5)cc43)cc21. The highest BCUT2D eigenvalue weighted by Crippen LogP contribution is 2.52. The number of fused-ring (bicyclic) bond motifs is 18. The van der Waals surface area contributed by atoms with Crippen LogP contribution in [0.2, 0.25) is 0 Å². The first-order valence-electron chi connectivity index (χ1n) is 36.9. The van der Waals surface area contributed by atoms with Crippen LogP contribution in [0.4, 0.5) is 0 Å². The first-order valence-corrected chi connectivity index (χ1v) is 36.9. The number of rotatable bonds is 9. The molecule has 0 fully saturated rings. The van der Waals surface area contributed by atoms with Gasteiger partial charge in [0.2, 0.25) is 0 Å². The summed E-state index contributed by atoms with van der Waals surface area (Å²) in [5, 5.41) is 9.74. The lowest BCUT2D eigenvalue weighted by Gasteiger charge is -2.22. The summed E-state index contributed by atoms with van der Waals surface area (Å²) in [4.78, 5) is 10.9. The number of hydrogen-bond donors (Lipinski definition) is 0. The Kier molecular flexibility index (Phi) is 12.8. The Bertz CT molecular complexity index is 6740. The molecule has 0 unspecified atom stereocenters. The van der Waals surface area contributed by atoms with Crippen LogP contribution in [0.15, 0.2) is 340 Å². The van der Waals surface area contributed by atoms with Crippen LogP contribution < -0.4 is 0 Å². The van der Waals surface area contributed by atoms with Gasteiger partial charge in [0.25, 0.3) is 0 Å². The lowest BCUT2D eigenvalue weighted by molar-refractivity contribution is 0.660. The normalized spacial score (nSPS) is 13.4. The van der Waals surface area contributed by atoms with E-state index in [4.69, 9.17) is 9.97 Å². The summed E-state index contributed by atoms with van der Waals surface area (Å²) >= 11 is 0. The molecule has 0 amide bonds. The van der Waals surface area contributed by atoms with Gasteiger partial charge in [-0.3, -0.25) is 0 Å². The van der Waals surface area contributed by atoms with Gasteiger partial charge in [0.15, 0.2) is 5.82 Å².